The van der Waals surface area contributed by atoms with E-state index in [4.69, 9.17) is 4.74 Å². The first-order valence-corrected chi connectivity index (χ1v) is 9.47. The van der Waals surface area contributed by atoms with Crippen molar-refractivity contribution in [3.63, 3.8) is 0 Å². The molecule has 3 rings (SSSR count). The Morgan fingerprint density at radius 2 is 1.53 bits per heavy atom. The normalized spacial score (nSPS) is 10.6. The van der Waals surface area contributed by atoms with Crippen LogP contribution in [0.3, 0.4) is 0 Å². The summed E-state index contributed by atoms with van der Waals surface area (Å²) in [6.07, 6.45) is 0. The number of nitrogens with zero attached hydrogens (tertiary/aromatic N) is 2. The third-order valence-corrected chi connectivity index (χ3v) is 4.54. The summed E-state index contributed by atoms with van der Waals surface area (Å²) >= 11 is 0. The number of carbonyl (C=O) groups is 1. The van der Waals surface area contributed by atoms with Gasteiger partial charge in [0.2, 0.25) is 5.91 Å². The van der Waals surface area contributed by atoms with Crippen LogP contribution in [0.2, 0.25) is 0 Å². The summed E-state index contributed by atoms with van der Waals surface area (Å²) in [6, 6.07) is 24.1. The third kappa shape index (κ3) is 5.89. The molecule has 7 heteroatoms. The molecule has 0 aromatic heterocycles. The number of carbonyl (C=O) groups excluding carboxylic acids is 1. The van der Waals surface area contributed by atoms with Crippen molar-refractivity contribution < 1.29 is 14.5 Å². The highest BCUT2D eigenvalue weighted by Gasteiger charge is 2.19. The maximum absolute atomic E-state index is 12.7. The summed E-state index contributed by atoms with van der Waals surface area (Å²) in [5.74, 6) is 0.0320. The quantitative estimate of drug-likeness (QED) is 0.425. The van der Waals surface area contributed by atoms with Crippen LogP contribution in [0, 0.1) is 10.1 Å². The number of ether oxygens (including phenoxy) is 1. The van der Waals surface area contributed by atoms with Gasteiger partial charge in [-0.2, -0.15) is 0 Å². The van der Waals surface area contributed by atoms with Gasteiger partial charge < -0.3 is 10.1 Å². The van der Waals surface area contributed by atoms with Crippen LogP contribution in [-0.2, 0) is 17.9 Å². The molecule has 3 aromatic carbocycles. The van der Waals surface area contributed by atoms with Crippen LogP contribution in [0.1, 0.15) is 11.1 Å². The first-order chi connectivity index (χ1) is 14.5. The van der Waals surface area contributed by atoms with E-state index >= 15 is 0 Å². The van der Waals surface area contributed by atoms with Gasteiger partial charge in [0.05, 0.1) is 24.6 Å². The first kappa shape index (κ1) is 21.0. The number of benzene rings is 3. The van der Waals surface area contributed by atoms with Crippen molar-refractivity contribution in [2.75, 3.05) is 19.0 Å². The van der Waals surface area contributed by atoms with E-state index in [0.29, 0.717) is 18.8 Å². The molecule has 1 amide bonds. The van der Waals surface area contributed by atoms with Crippen molar-refractivity contribution in [1.82, 2.24) is 4.90 Å². The zero-order chi connectivity index (χ0) is 21.3. The van der Waals surface area contributed by atoms with E-state index < -0.39 is 4.92 Å². The molecule has 30 heavy (non-hydrogen) atoms. The number of nitrogens with one attached hydrogen (secondary N) is 1. The maximum Gasteiger partial charge on any atom is 0.296 e. The molecule has 0 heterocycles. The predicted octanol–water partition coefficient (Wildman–Crippen LogP) is 4.24. The zero-order valence-corrected chi connectivity index (χ0v) is 16.7. The van der Waals surface area contributed by atoms with Crippen LogP contribution < -0.4 is 10.1 Å². The lowest BCUT2D eigenvalue weighted by Gasteiger charge is -2.22. The number of nitro benzene ring substituents is 1. The minimum absolute atomic E-state index is 0.0903. The highest BCUT2D eigenvalue weighted by Crippen LogP contribution is 2.29. The smallest absolute Gasteiger partial charge is 0.296 e. The minimum atomic E-state index is -0.538. The molecule has 0 atom stereocenters. The number of hydrogen-bond acceptors (Lipinski definition) is 5. The molecule has 0 fully saturated rings. The number of hydrogen-bond donors (Lipinski definition) is 1. The van der Waals surface area contributed by atoms with Crippen molar-refractivity contribution in [1.29, 1.82) is 0 Å². The Morgan fingerprint density at radius 3 is 2.03 bits per heavy atom. The number of anilines is 1. The minimum Gasteiger partial charge on any atom is -0.496 e. The Balaban J connectivity index is 1.75. The lowest BCUT2D eigenvalue weighted by Crippen LogP contribution is -2.32. The monoisotopic (exact) mass is 405 g/mol. The Labute approximate surface area is 175 Å². The molecule has 0 aliphatic rings. The fourth-order valence-corrected chi connectivity index (χ4v) is 3.14. The van der Waals surface area contributed by atoms with Crippen LogP contribution >= 0.6 is 0 Å². The van der Waals surface area contributed by atoms with Gasteiger partial charge in [-0.05, 0) is 23.3 Å². The standard InChI is InChI=1S/C23H23N3O4/c1-30-20-12-13-21(22(14-20)26(28)29)24-23(27)17-25(15-18-8-4-2-5-9-18)16-19-10-6-3-7-11-19/h2-14H,15-17H2,1H3,(H,24,27). The van der Waals surface area contributed by atoms with E-state index in [0.717, 1.165) is 11.1 Å². The lowest BCUT2D eigenvalue weighted by molar-refractivity contribution is -0.384. The van der Waals surface area contributed by atoms with Gasteiger partial charge in [0, 0.05) is 13.1 Å². The second-order valence-electron chi connectivity index (χ2n) is 6.80. The van der Waals surface area contributed by atoms with Crippen LogP contribution in [0.15, 0.2) is 78.9 Å². The molecule has 0 unspecified atom stereocenters. The molecular formula is C23H23N3O4. The summed E-state index contributed by atoms with van der Waals surface area (Å²) in [5.41, 5.74) is 2.10. The van der Waals surface area contributed by atoms with E-state index in [1.165, 1.54) is 19.2 Å². The summed E-state index contributed by atoms with van der Waals surface area (Å²) in [7, 11) is 1.43. The fourth-order valence-electron chi connectivity index (χ4n) is 3.14. The van der Waals surface area contributed by atoms with Gasteiger partial charge in [0.25, 0.3) is 5.69 Å². The van der Waals surface area contributed by atoms with Crippen molar-refractivity contribution in [2.24, 2.45) is 0 Å². The van der Waals surface area contributed by atoms with E-state index in [1.54, 1.807) is 6.07 Å². The molecule has 0 spiro atoms. The Kier molecular flexibility index (Phi) is 7.13. The molecule has 154 valence electrons. The SMILES string of the molecule is COc1ccc(NC(=O)CN(Cc2ccccc2)Cc2ccccc2)c([N+](=O)[O-])c1. The first-order valence-electron chi connectivity index (χ1n) is 9.47. The molecular weight excluding hydrogens is 382 g/mol. The Hall–Kier alpha value is -3.71. The Bertz CT molecular complexity index is 952. The molecule has 3 aromatic rings. The topological polar surface area (TPSA) is 84.7 Å². The fraction of sp³-hybridized carbons (Fsp3) is 0.174. The van der Waals surface area contributed by atoms with Crippen molar-refractivity contribution >= 4 is 17.3 Å². The van der Waals surface area contributed by atoms with Crippen LogP contribution in [-0.4, -0.2) is 29.4 Å². The molecule has 7 nitrogen and oxygen atoms in total. The van der Waals surface area contributed by atoms with E-state index in [2.05, 4.69) is 5.32 Å². The molecule has 0 saturated carbocycles. The van der Waals surface area contributed by atoms with Crippen molar-refractivity contribution in [2.45, 2.75) is 13.1 Å². The maximum atomic E-state index is 12.7. The van der Waals surface area contributed by atoms with Gasteiger partial charge >= 0.3 is 0 Å². The molecule has 0 aliphatic heterocycles. The Morgan fingerprint density at radius 1 is 0.967 bits per heavy atom. The van der Waals surface area contributed by atoms with Crippen molar-refractivity contribution in [3.05, 3.63) is 100 Å². The summed E-state index contributed by atoms with van der Waals surface area (Å²) in [6.45, 7) is 1.24. The highest BCUT2D eigenvalue weighted by molar-refractivity contribution is 5.94. The summed E-state index contributed by atoms with van der Waals surface area (Å²) in [5, 5.41) is 14.0. The number of methoxy groups -OCH3 is 1. The van der Waals surface area contributed by atoms with E-state index in [9.17, 15) is 14.9 Å². The van der Waals surface area contributed by atoms with Crippen molar-refractivity contribution in [3.8, 4) is 5.75 Å². The average Bonchev–Trinajstić information content (AvgIpc) is 2.75. The van der Waals surface area contributed by atoms with Gasteiger partial charge in [-0.1, -0.05) is 60.7 Å². The van der Waals surface area contributed by atoms with Gasteiger partial charge in [-0.15, -0.1) is 0 Å². The third-order valence-electron chi connectivity index (χ3n) is 4.54. The van der Waals surface area contributed by atoms with Crippen LogP contribution in [0.4, 0.5) is 11.4 Å². The number of rotatable bonds is 9. The summed E-state index contributed by atoms with van der Waals surface area (Å²) < 4.78 is 5.04. The van der Waals surface area contributed by atoms with Gasteiger partial charge in [0.15, 0.2) is 0 Å². The highest BCUT2D eigenvalue weighted by atomic mass is 16.6. The van der Waals surface area contributed by atoms with Gasteiger partial charge in [-0.25, -0.2) is 0 Å². The van der Waals surface area contributed by atoms with E-state index in [1.807, 2.05) is 65.6 Å². The zero-order valence-electron chi connectivity index (χ0n) is 16.7. The van der Waals surface area contributed by atoms with Gasteiger partial charge in [0.1, 0.15) is 11.4 Å². The number of nitro groups is 1. The average molecular weight is 405 g/mol. The molecule has 1 N–H and O–H groups in total. The van der Waals surface area contributed by atoms with Gasteiger partial charge in [-0.3, -0.25) is 19.8 Å². The molecule has 0 bridgehead atoms. The van der Waals surface area contributed by atoms with E-state index in [-0.39, 0.29) is 23.8 Å². The molecule has 0 saturated heterocycles. The predicted molar refractivity (Wildman–Crippen MR) is 115 cm³/mol. The van der Waals surface area contributed by atoms with Crippen LogP contribution in [0.25, 0.3) is 0 Å². The number of amides is 1. The lowest BCUT2D eigenvalue weighted by atomic mass is 10.1. The summed E-state index contributed by atoms with van der Waals surface area (Å²) in [4.78, 5) is 25.5. The second kappa shape index (κ2) is 10.2. The molecule has 0 aliphatic carbocycles. The largest absolute Gasteiger partial charge is 0.496 e. The molecule has 0 radical (unpaired) electrons. The second-order valence-corrected chi connectivity index (χ2v) is 6.80. The van der Waals surface area contributed by atoms with Crippen LogP contribution in [0.5, 0.6) is 5.75 Å².